The molecule has 3 aromatic rings. The van der Waals surface area contributed by atoms with E-state index in [1.54, 1.807) is 7.11 Å². The van der Waals surface area contributed by atoms with Gasteiger partial charge in [-0.2, -0.15) is 4.98 Å². The molecule has 0 bridgehead atoms. The molecule has 6 nitrogen and oxygen atoms in total. The lowest BCUT2D eigenvalue weighted by molar-refractivity contribution is 0.137. The topological polar surface area (TPSA) is 59.2 Å². The van der Waals surface area contributed by atoms with Gasteiger partial charge in [-0.05, 0) is 92.7 Å². The third-order valence-corrected chi connectivity index (χ3v) is 6.22. The predicted octanol–water partition coefficient (Wildman–Crippen LogP) is 5.32. The van der Waals surface area contributed by atoms with Crippen molar-refractivity contribution >= 4 is 24.4 Å². The second-order valence-corrected chi connectivity index (χ2v) is 8.56. The molecular formula is C24H30N4O2S. The molecule has 0 unspecified atom stereocenters. The monoisotopic (exact) mass is 438 g/mol. The summed E-state index contributed by atoms with van der Waals surface area (Å²) in [6.07, 6.45) is 8.62. The van der Waals surface area contributed by atoms with Gasteiger partial charge in [0.25, 0.3) is 0 Å². The number of nitrogens with zero attached hydrogens (tertiary/aromatic N) is 3. The highest BCUT2D eigenvalue weighted by Crippen LogP contribution is 2.23. The van der Waals surface area contributed by atoms with Crippen LogP contribution in [0.1, 0.15) is 42.2 Å². The van der Waals surface area contributed by atoms with Crippen LogP contribution in [-0.4, -0.2) is 39.9 Å². The molecule has 164 valence electrons. The van der Waals surface area contributed by atoms with E-state index in [-0.39, 0.29) is 0 Å². The number of aryl methyl sites for hydroxylation is 2. The Kier molecular flexibility index (Phi) is 7.04. The molecule has 0 spiro atoms. The Hall–Kier alpha value is -2.64. The number of likely N-dealkylation sites (tertiary alicyclic amines) is 1. The number of hydrogen-bond donors (Lipinski definition) is 1. The van der Waals surface area contributed by atoms with Crippen molar-refractivity contribution in [1.82, 2.24) is 19.7 Å². The van der Waals surface area contributed by atoms with Crippen LogP contribution in [0.15, 0.2) is 40.8 Å². The van der Waals surface area contributed by atoms with Crippen molar-refractivity contribution in [1.29, 1.82) is 0 Å². The van der Waals surface area contributed by atoms with Crippen molar-refractivity contribution in [3.8, 4) is 5.75 Å². The maximum absolute atomic E-state index is 5.56. The Bertz CT molecular complexity index is 1060. The summed E-state index contributed by atoms with van der Waals surface area (Å²) in [6, 6.07) is 12.3. The number of benzene rings is 1. The molecule has 2 aromatic heterocycles. The van der Waals surface area contributed by atoms with E-state index in [4.69, 9.17) is 21.4 Å². The summed E-state index contributed by atoms with van der Waals surface area (Å²) < 4.78 is 13.3. The smallest absolute Gasteiger partial charge is 0.217 e. The van der Waals surface area contributed by atoms with Gasteiger partial charge in [0, 0.05) is 13.1 Å². The van der Waals surface area contributed by atoms with Crippen LogP contribution in [0.3, 0.4) is 0 Å². The molecule has 1 saturated heterocycles. The Labute approximate surface area is 188 Å². The third-order valence-electron chi connectivity index (χ3n) is 5.91. The zero-order chi connectivity index (χ0) is 21.6. The number of piperidine rings is 1. The lowest BCUT2D eigenvalue weighted by atomic mass is 9.91. The molecule has 0 saturated carbocycles. The number of hydrogen-bond acceptors (Lipinski definition) is 5. The number of aromatic amines is 1. The summed E-state index contributed by atoms with van der Waals surface area (Å²) in [5, 5.41) is 3.29. The first-order chi connectivity index (χ1) is 15.1. The number of nitrogens with one attached hydrogen (secondary N) is 1. The summed E-state index contributed by atoms with van der Waals surface area (Å²) in [7, 11) is 1.71. The van der Waals surface area contributed by atoms with E-state index in [1.807, 2.05) is 48.0 Å². The number of methoxy groups -OCH3 is 1. The van der Waals surface area contributed by atoms with Crippen LogP contribution in [-0.2, 0) is 13.1 Å². The molecule has 31 heavy (non-hydrogen) atoms. The summed E-state index contributed by atoms with van der Waals surface area (Å²) >= 11 is 5.44. The zero-order valence-electron chi connectivity index (χ0n) is 18.2. The molecular weight excluding hydrogens is 408 g/mol. The van der Waals surface area contributed by atoms with Crippen molar-refractivity contribution in [3.05, 3.63) is 64.1 Å². The molecule has 7 heteroatoms. The van der Waals surface area contributed by atoms with Gasteiger partial charge in [-0.1, -0.05) is 12.1 Å². The Morgan fingerprint density at radius 3 is 2.61 bits per heavy atom. The van der Waals surface area contributed by atoms with E-state index in [0.29, 0.717) is 4.77 Å². The average molecular weight is 439 g/mol. The molecule has 0 atom stereocenters. The zero-order valence-corrected chi connectivity index (χ0v) is 19.0. The SMILES string of the molecule is COc1ccc(CCC2CCN(Cn3[nH]c(/C=C/c4ccc(C)o4)nc3=S)CC2)cc1. The molecule has 1 fully saturated rings. The summed E-state index contributed by atoms with van der Waals surface area (Å²) in [5.74, 6) is 4.15. The van der Waals surface area contributed by atoms with Crippen molar-refractivity contribution < 1.29 is 9.15 Å². The molecule has 0 amide bonds. The summed E-state index contributed by atoms with van der Waals surface area (Å²) in [5.41, 5.74) is 1.39. The van der Waals surface area contributed by atoms with Gasteiger partial charge >= 0.3 is 0 Å². The molecule has 4 rings (SSSR count). The molecule has 0 radical (unpaired) electrons. The van der Waals surface area contributed by atoms with Crippen LogP contribution in [0.5, 0.6) is 5.75 Å². The quantitative estimate of drug-likeness (QED) is 0.482. The summed E-state index contributed by atoms with van der Waals surface area (Å²) in [4.78, 5) is 6.89. The van der Waals surface area contributed by atoms with Gasteiger partial charge < -0.3 is 9.15 Å². The number of H-pyrrole nitrogens is 1. The van der Waals surface area contributed by atoms with E-state index in [1.165, 1.54) is 24.8 Å². The van der Waals surface area contributed by atoms with Gasteiger partial charge in [0.05, 0.1) is 13.8 Å². The van der Waals surface area contributed by atoms with Gasteiger partial charge in [-0.25, -0.2) is 4.68 Å². The second kappa shape index (κ2) is 10.1. The van der Waals surface area contributed by atoms with Crippen LogP contribution in [0.4, 0.5) is 0 Å². The summed E-state index contributed by atoms with van der Waals surface area (Å²) in [6.45, 7) is 4.86. The van der Waals surface area contributed by atoms with Gasteiger partial charge in [0.15, 0.2) is 0 Å². The van der Waals surface area contributed by atoms with Crippen LogP contribution < -0.4 is 4.74 Å². The van der Waals surface area contributed by atoms with Crippen LogP contribution in [0.25, 0.3) is 12.2 Å². The van der Waals surface area contributed by atoms with Gasteiger partial charge in [0.2, 0.25) is 4.77 Å². The molecule has 1 N–H and O–H groups in total. The van der Waals surface area contributed by atoms with E-state index >= 15 is 0 Å². The van der Waals surface area contributed by atoms with Gasteiger partial charge in [0.1, 0.15) is 23.1 Å². The van der Waals surface area contributed by atoms with Gasteiger partial charge in [-0.3, -0.25) is 10.00 Å². The maximum Gasteiger partial charge on any atom is 0.217 e. The van der Waals surface area contributed by atoms with Crippen molar-refractivity contribution in [2.45, 2.75) is 39.3 Å². The third kappa shape index (κ3) is 5.95. The Morgan fingerprint density at radius 1 is 1.16 bits per heavy atom. The fraction of sp³-hybridized carbons (Fsp3) is 0.417. The first-order valence-corrected chi connectivity index (χ1v) is 11.3. The van der Waals surface area contributed by atoms with Crippen molar-refractivity contribution in [2.75, 3.05) is 20.2 Å². The minimum Gasteiger partial charge on any atom is -0.497 e. The molecule has 1 aliphatic rings. The highest BCUT2D eigenvalue weighted by atomic mass is 32.1. The van der Waals surface area contributed by atoms with Crippen LogP contribution >= 0.6 is 12.2 Å². The predicted molar refractivity (Wildman–Crippen MR) is 125 cm³/mol. The fourth-order valence-corrected chi connectivity index (χ4v) is 4.23. The van der Waals surface area contributed by atoms with Crippen LogP contribution in [0.2, 0.25) is 0 Å². The molecule has 3 heterocycles. The second-order valence-electron chi connectivity index (χ2n) is 8.19. The number of ether oxygens (including phenoxy) is 1. The standard InChI is InChI=1S/C24H30N4O2S/c1-18-3-8-22(30-18)11-12-23-25-24(31)28(26-23)17-27-15-13-20(14-16-27)5-4-19-6-9-21(29-2)10-7-19/h3,6-12,20H,4-5,13-17H2,1-2H3,(H,25,26,31)/b12-11+. The number of furan rings is 1. The fourth-order valence-electron chi connectivity index (χ4n) is 4.03. The number of rotatable bonds is 8. The minimum atomic E-state index is 0.580. The Morgan fingerprint density at radius 2 is 1.94 bits per heavy atom. The largest absolute Gasteiger partial charge is 0.497 e. The van der Waals surface area contributed by atoms with E-state index in [0.717, 1.165) is 55.2 Å². The number of aromatic nitrogens is 3. The highest BCUT2D eigenvalue weighted by Gasteiger charge is 2.19. The molecule has 0 aliphatic carbocycles. The lowest BCUT2D eigenvalue weighted by Gasteiger charge is -2.31. The van der Waals surface area contributed by atoms with Crippen molar-refractivity contribution in [3.63, 3.8) is 0 Å². The van der Waals surface area contributed by atoms with Crippen molar-refractivity contribution in [2.24, 2.45) is 5.92 Å². The first kappa shape index (κ1) is 21.6. The molecule has 1 aliphatic heterocycles. The minimum absolute atomic E-state index is 0.580. The van der Waals surface area contributed by atoms with E-state index in [9.17, 15) is 0 Å². The highest BCUT2D eigenvalue weighted by molar-refractivity contribution is 7.71. The molecule has 1 aromatic carbocycles. The van der Waals surface area contributed by atoms with E-state index in [2.05, 4.69) is 27.1 Å². The van der Waals surface area contributed by atoms with Gasteiger partial charge in [-0.15, -0.1) is 0 Å². The van der Waals surface area contributed by atoms with E-state index < -0.39 is 0 Å². The maximum atomic E-state index is 5.56. The average Bonchev–Trinajstić information content (AvgIpc) is 3.37. The lowest BCUT2D eigenvalue weighted by Crippen LogP contribution is -2.35. The van der Waals surface area contributed by atoms with Crippen LogP contribution in [0, 0.1) is 17.6 Å². The normalized spacial score (nSPS) is 15.7. The first-order valence-electron chi connectivity index (χ1n) is 10.9. The Balaban J connectivity index is 1.24.